The summed E-state index contributed by atoms with van der Waals surface area (Å²) in [4.78, 5) is 30.4. The molecule has 3 aromatic rings. The van der Waals surface area contributed by atoms with Gasteiger partial charge in [-0.15, -0.1) is 0 Å². The molecule has 6 nitrogen and oxygen atoms in total. The second kappa shape index (κ2) is 6.81. The summed E-state index contributed by atoms with van der Waals surface area (Å²) in [6.07, 6.45) is 9.38. The number of rotatable bonds is 3. The maximum absolute atomic E-state index is 12.2. The lowest BCUT2D eigenvalue weighted by Gasteiger charge is -2.16. The first-order valence-corrected chi connectivity index (χ1v) is 9.74. The summed E-state index contributed by atoms with van der Waals surface area (Å²) in [6, 6.07) is 10.1. The van der Waals surface area contributed by atoms with Crippen molar-refractivity contribution in [2.45, 2.75) is 19.3 Å². The minimum atomic E-state index is 0.0421. The number of hydrogen-bond donors (Lipinski definition) is 0. The van der Waals surface area contributed by atoms with Gasteiger partial charge in [-0.1, -0.05) is 18.2 Å². The second-order valence-corrected chi connectivity index (χ2v) is 7.47. The highest BCUT2D eigenvalue weighted by molar-refractivity contribution is 6.05. The van der Waals surface area contributed by atoms with Crippen LogP contribution in [0.2, 0.25) is 0 Å². The van der Waals surface area contributed by atoms with Crippen LogP contribution in [0.3, 0.4) is 0 Å². The quantitative estimate of drug-likeness (QED) is 0.692. The van der Waals surface area contributed by atoms with Crippen LogP contribution in [0.1, 0.15) is 40.9 Å². The molecule has 1 amide bonds. The zero-order valence-electron chi connectivity index (χ0n) is 16.1. The molecule has 1 aliphatic heterocycles. The van der Waals surface area contributed by atoms with Crippen molar-refractivity contribution >= 4 is 23.0 Å². The van der Waals surface area contributed by atoms with Gasteiger partial charge in [-0.3, -0.25) is 19.3 Å². The number of amides is 1. The summed E-state index contributed by atoms with van der Waals surface area (Å²) in [5.74, 6) is 0.230. The van der Waals surface area contributed by atoms with Crippen molar-refractivity contribution in [3.05, 3.63) is 71.8 Å². The predicted octanol–water partition coefficient (Wildman–Crippen LogP) is 3.63. The zero-order chi connectivity index (χ0) is 20.0. The summed E-state index contributed by atoms with van der Waals surface area (Å²) in [5, 5.41) is 4.32. The van der Waals surface area contributed by atoms with Crippen LogP contribution in [0, 0.1) is 0 Å². The summed E-state index contributed by atoms with van der Waals surface area (Å²) in [5.41, 5.74) is 6.29. The van der Waals surface area contributed by atoms with Crippen LogP contribution in [0.4, 0.5) is 5.69 Å². The van der Waals surface area contributed by atoms with Gasteiger partial charge in [0.25, 0.3) is 0 Å². The van der Waals surface area contributed by atoms with E-state index in [2.05, 4.69) is 16.1 Å². The first-order chi connectivity index (χ1) is 14.1. The second-order valence-electron chi connectivity index (χ2n) is 7.47. The van der Waals surface area contributed by atoms with Gasteiger partial charge in [0.2, 0.25) is 5.91 Å². The van der Waals surface area contributed by atoms with E-state index in [9.17, 15) is 9.59 Å². The molecule has 29 heavy (non-hydrogen) atoms. The first kappa shape index (κ1) is 17.6. The van der Waals surface area contributed by atoms with Crippen LogP contribution < -0.4 is 4.90 Å². The predicted molar refractivity (Wildman–Crippen MR) is 110 cm³/mol. The summed E-state index contributed by atoms with van der Waals surface area (Å²) in [6.45, 7) is 0.787. The minimum absolute atomic E-state index is 0.0421. The Morgan fingerprint density at radius 1 is 1.00 bits per heavy atom. The summed E-state index contributed by atoms with van der Waals surface area (Å²) in [7, 11) is 1.82. The van der Waals surface area contributed by atoms with Crippen LogP contribution in [-0.4, -0.2) is 33.0 Å². The molecule has 144 valence electrons. The number of anilines is 1. The van der Waals surface area contributed by atoms with E-state index in [1.807, 2.05) is 60.9 Å². The standard InChI is InChI=1S/C23H20N4O2/c1-26-14-20-19(8-9-21(28)23(20)25-26)17-11-16(12-24-13-17)15-4-6-18(7-5-15)27-10-2-3-22(27)29/h4-8,11-14H,2-3,9-10H2,1H3. The SMILES string of the molecule is Cn1cc2c(n1)C(=O)CC=C2c1cncc(-c2ccc(N3CCCC3=O)cc2)c1. The van der Waals surface area contributed by atoms with Gasteiger partial charge >= 0.3 is 0 Å². The Kier molecular flexibility index (Phi) is 4.12. The summed E-state index contributed by atoms with van der Waals surface area (Å²) < 4.78 is 1.68. The van der Waals surface area contributed by atoms with Crippen molar-refractivity contribution in [3.8, 4) is 11.1 Å². The Labute approximate surface area is 168 Å². The van der Waals surface area contributed by atoms with Crippen molar-refractivity contribution in [2.24, 2.45) is 7.05 Å². The fourth-order valence-electron chi connectivity index (χ4n) is 4.07. The van der Waals surface area contributed by atoms with Gasteiger partial charge in [0.1, 0.15) is 5.69 Å². The maximum atomic E-state index is 12.2. The van der Waals surface area contributed by atoms with Crippen molar-refractivity contribution in [2.75, 3.05) is 11.4 Å². The van der Waals surface area contributed by atoms with Crippen LogP contribution >= 0.6 is 0 Å². The molecule has 1 aliphatic carbocycles. The molecule has 0 bridgehead atoms. The number of Topliss-reactive ketones (excluding diaryl/α,β-unsaturated/α-hetero) is 1. The molecule has 1 aromatic carbocycles. The molecule has 6 heteroatoms. The number of allylic oxidation sites excluding steroid dienone is 1. The van der Waals surface area contributed by atoms with Crippen molar-refractivity contribution in [3.63, 3.8) is 0 Å². The van der Waals surface area contributed by atoms with Crippen molar-refractivity contribution < 1.29 is 9.59 Å². The minimum Gasteiger partial charge on any atom is -0.312 e. The number of ketones is 1. The fourth-order valence-corrected chi connectivity index (χ4v) is 4.07. The Hall–Kier alpha value is -3.54. The van der Waals surface area contributed by atoms with Gasteiger partial charge in [0, 0.05) is 67.4 Å². The van der Waals surface area contributed by atoms with E-state index < -0.39 is 0 Å². The van der Waals surface area contributed by atoms with Crippen LogP contribution in [0.5, 0.6) is 0 Å². The van der Waals surface area contributed by atoms with Gasteiger partial charge in [-0.05, 0) is 35.8 Å². The van der Waals surface area contributed by atoms with Crippen molar-refractivity contribution in [1.82, 2.24) is 14.8 Å². The maximum Gasteiger partial charge on any atom is 0.227 e. The number of fused-ring (bicyclic) bond motifs is 1. The van der Waals surface area contributed by atoms with Gasteiger partial charge in [-0.25, -0.2) is 0 Å². The van der Waals surface area contributed by atoms with Gasteiger partial charge in [0.15, 0.2) is 5.78 Å². The number of hydrogen-bond acceptors (Lipinski definition) is 4. The average Bonchev–Trinajstić information content (AvgIpc) is 3.34. The van der Waals surface area contributed by atoms with E-state index in [4.69, 9.17) is 0 Å². The van der Waals surface area contributed by atoms with Gasteiger partial charge < -0.3 is 4.90 Å². The number of carbonyl (C=O) groups excluding carboxylic acids is 2. The number of pyridine rings is 1. The van der Waals surface area contributed by atoms with E-state index in [1.165, 1.54) is 0 Å². The molecule has 0 radical (unpaired) electrons. The number of benzene rings is 1. The third kappa shape index (κ3) is 3.06. The number of nitrogens with zero attached hydrogens (tertiary/aromatic N) is 4. The fraction of sp³-hybridized carbons (Fsp3) is 0.217. The summed E-state index contributed by atoms with van der Waals surface area (Å²) >= 11 is 0. The molecule has 0 atom stereocenters. The van der Waals surface area contributed by atoms with E-state index in [0.29, 0.717) is 18.5 Å². The number of carbonyl (C=O) groups is 2. The first-order valence-electron chi connectivity index (χ1n) is 9.74. The van der Waals surface area contributed by atoms with E-state index >= 15 is 0 Å². The normalized spacial score (nSPS) is 16.2. The molecule has 1 saturated heterocycles. The topological polar surface area (TPSA) is 68.1 Å². The molecule has 0 unspecified atom stereocenters. The van der Waals surface area contributed by atoms with Crippen LogP contribution in [0.25, 0.3) is 16.7 Å². The highest BCUT2D eigenvalue weighted by Crippen LogP contribution is 2.33. The highest BCUT2D eigenvalue weighted by atomic mass is 16.2. The molecule has 1 fully saturated rings. The molecule has 0 N–H and O–H groups in total. The average molecular weight is 384 g/mol. The molecule has 5 rings (SSSR count). The molecule has 0 spiro atoms. The lowest BCUT2D eigenvalue weighted by molar-refractivity contribution is -0.117. The molecule has 3 heterocycles. The third-order valence-electron chi connectivity index (χ3n) is 5.51. The smallest absolute Gasteiger partial charge is 0.227 e. The number of aromatic nitrogens is 3. The zero-order valence-corrected chi connectivity index (χ0v) is 16.1. The number of aryl methyl sites for hydroxylation is 1. The Balaban J connectivity index is 1.48. The molecule has 2 aromatic heterocycles. The van der Waals surface area contributed by atoms with Gasteiger partial charge in [0.05, 0.1) is 0 Å². The molecule has 2 aliphatic rings. The van der Waals surface area contributed by atoms with Crippen LogP contribution in [0.15, 0.2) is 55.0 Å². The van der Waals surface area contributed by atoms with E-state index in [1.54, 1.807) is 4.68 Å². The van der Waals surface area contributed by atoms with E-state index in [-0.39, 0.29) is 11.7 Å². The Morgan fingerprint density at radius 3 is 2.55 bits per heavy atom. The highest BCUT2D eigenvalue weighted by Gasteiger charge is 2.24. The van der Waals surface area contributed by atoms with Gasteiger partial charge in [-0.2, -0.15) is 5.10 Å². The Morgan fingerprint density at radius 2 is 1.79 bits per heavy atom. The van der Waals surface area contributed by atoms with E-state index in [0.717, 1.165) is 46.5 Å². The molecular weight excluding hydrogens is 364 g/mol. The third-order valence-corrected chi connectivity index (χ3v) is 5.51. The lowest BCUT2D eigenvalue weighted by atomic mass is 9.90. The van der Waals surface area contributed by atoms with Crippen LogP contribution in [-0.2, 0) is 11.8 Å². The molecule has 0 saturated carbocycles. The largest absolute Gasteiger partial charge is 0.312 e. The lowest BCUT2D eigenvalue weighted by Crippen LogP contribution is -2.23. The van der Waals surface area contributed by atoms with Crippen molar-refractivity contribution in [1.29, 1.82) is 0 Å². The Bertz CT molecular complexity index is 1160. The molecular formula is C23H20N4O2. The monoisotopic (exact) mass is 384 g/mol.